The van der Waals surface area contributed by atoms with Crippen LogP contribution < -0.4 is 10.1 Å². The maximum absolute atomic E-state index is 5.73. The van der Waals surface area contributed by atoms with Gasteiger partial charge in [-0.1, -0.05) is 37.3 Å². The Morgan fingerprint density at radius 1 is 1.20 bits per heavy atom. The van der Waals surface area contributed by atoms with Gasteiger partial charge in [-0.05, 0) is 37.0 Å². The summed E-state index contributed by atoms with van der Waals surface area (Å²) in [6, 6.07) is 8.31. The van der Waals surface area contributed by atoms with E-state index in [0.29, 0.717) is 12.5 Å². The van der Waals surface area contributed by atoms with E-state index >= 15 is 0 Å². The van der Waals surface area contributed by atoms with Crippen LogP contribution in [0.25, 0.3) is 0 Å². The maximum Gasteiger partial charge on any atom is 0.205 e. The Kier molecular flexibility index (Phi) is 5.35. The molecule has 0 radical (unpaired) electrons. The van der Waals surface area contributed by atoms with Crippen molar-refractivity contribution in [1.29, 1.82) is 0 Å². The molecule has 1 N–H and O–H groups in total. The minimum Gasteiger partial charge on any atom is -0.486 e. The van der Waals surface area contributed by atoms with Gasteiger partial charge in [0.1, 0.15) is 12.4 Å². The molecule has 2 aromatic rings. The smallest absolute Gasteiger partial charge is 0.205 e. The highest BCUT2D eigenvalue weighted by Crippen LogP contribution is 2.22. The Balaban J connectivity index is 1.89. The van der Waals surface area contributed by atoms with Crippen molar-refractivity contribution in [3.63, 3.8) is 0 Å². The number of benzene rings is 1. The third kappa shape index (κ3) is 3.93. The van der Waals surface area contributed by atoms with Crippen LogP contribution in [0.1, 0.15) is 43.7 Å². The lowest BCUT2D eigenvalue weighted by molar-refractivity contribution is 0.304. The van der Waals surface area contributed by atoms with Gasteiger partial charge in [0.05, 0.1) is 0 Å². The van der Waals surface area contributed by atoms with Crippen molar-refractivity contribution in [1.82, 2.24) is 10.2 Å². The Bertz CT molecular complexity index is 524. The van der Waals surface area contributed by atoms with E-state index in [0.717, 1.165) is 28.9 Å². The molecule has 0 aliphatic heterocycles. The summed E-state index contributed by atoms with van der Waals surface area (Å²) in [4.78, 5) is 0. The molecular weight excluding hydrogens is 270 g/mol. The molecule has 1 unspecified atom stereocenters. The number of aromatic nitrogens is 2. The molecule has 0 aliphatic carbocycles. The first-order valence-corrected chi connectivity index (χ1v) is 7.83. The molecule has 1 atom stereocenters. The summed E-state index contributed by atoms with van der Waals surface area (Å²) in [5.41, 5.74) is 1.35. The molecule has 1 aromatic carbocycles. The lowest BCUT2D eigenvalue weighted by Crippen LogP contribution is -1.96. The van der Waals surface area contributed by atoms with Crippen LogP contribution in [0, 0.1) is 0 Å². The number of nitrogens with zero attached hydrogens (tertiary/aromatic N) is 2. The Labute approximate surface area is 124 Å². The van der Waals surface area contributed by atoms with E-state index in [-0.39, 0.29) is 0 Å². The van der Waals surface area contributed by atoms with Crippen LogP contribution in [0.5, 0.6) is 5.75 Å². The largest absolute Gasteiger partial charge is 0.486 e. The minimum absolute atomic E-state index is 0.464. The number of ether oxygens (including phenoxy) is 1. The van der Waals surface area contributed by atoms with Gasteiger partial charge in [-0.2, -0.15) is 0 Å². The Morgan fingerprint density at radius 3 is 2.60 bits per heavy atom. The first-order chi connectivity index (χ1) is 9.72. The van der Waals surface area contributed by atoms with E-state index < -0.39 is 0 Å². The number of hydrogen-bond acceptors (Lipinski definition) is 5. The van der Waals surface area contributed by atoms with Crippen molar-refractivity contribution in [2.45, 2.75) is 39.7 Å². The van der Waals surface area contributed by atoms with Crippen LogP contribution in [0.15, 0.2) is 24.3 Å². The molecule has 1 heterocycles. The third-order valence-electron chi connectivity index (χ3n) is 3.22. The Hall–Kier alpha value is -1.62. The quantitative estimate of drug-likeness (QED) is 0.835. The zero-order chi connectivity index (χ0) is 14.4. The molecule has 0 saturated heterocycles. The van der Waals surface area contributed by atoms with Crippen LogP contribution in [-0.2, 0) is 6.61 Å². The first-order valence-electron chi connectivity index (χ1n) is 7.02. The second kappa shape index (κ2) is 7.24. The molecule has 108 valence electrons. The molecule has 0 fully saturated rings. The molecule has 20 heavy (non-hydrogen) atoms. The number of nitrogens with one attached hydrogen (secondary N) is 1. The van der Waals surface area contributed by atoms with E-state index in [1.54, 1.807) is 0 Å². The highest BCUT2D eigenvalue weighted by atomic mass is 32.1. The zero-order valence-corrected chi connectivity index (χ0v) is 13.0. The van der Waals surface area contributed by atoms with Crippen LogP contribution >= 0.6 is 11.3 Å². The summed E-state index contributed by atoms with van der Waals surface area (Å²) < 4.78 is 5.73. The van der Waals surface area contributed by atoms with E-state index in [1.807, 2.05) is 19.1 Å². The molecular formula is C15H21N3OS. The van der Waals surface area contributed by atoms with Gasteiger partial charge in [0.25, 0.3) is 0 Å². The monoisotopic (exact) mass is 291 g/mol. The maximum atomic E-state index is 5.73. The van der Waals surface area contributed by atoms with E-state index in [1.165, 1.54) is 16.9 Å². The lowest BCUT2D eigenvalue weighted by Gasteiger charge is -2.10. The summed E-state index contributed by atoms with van der Waals surface area (Å²) >= 11 is 1.53. The molecule has 0 aliphatic rings. The van der Waals surface area contributed by atoms with E-state index in [2.05, 4.69) is 41.5 Å². The molecule has 0 bridgehead atoms. The SMILES string of the molecule is CCNc1nnc(COc2ccc(C(C)CC)cc2)s1. The Morgan fingerprint density at radius 2 is 1.95 bits per heavy atom. The average molecular weight is 291 g/mol. The average Bonchev–Trinajstić information content (AvgIpc) is 2.93. The van der Waals surface area contributed by atoms with Gasteiger partial charge < -0.3 is 10.1 Å². The topological polar surface area (TPSA) is 47.0 Å². The summed E-state index contributed by atoms with van der Waals surface area (Å²) in [5, 5.41) is 13.0. The van der Waals surface area contributed by atoms with Gasteiger partial charge in [-0.25, -0.2) is 0 Å². The van der Waals surface area contributed by atoms with Crippen molar-refractivity contribution < 1.29 is 4.74 Å². The summed E-state index contributed by atoms with van der Waals surface area (Å²) in [5.74, 6) is 1.46. The van der Waals surface area contributed by atoms with Gasteiger partial charge in [-0.15, -0.1) is 10.2 Å². The summed E-state index contributed by atoms with van der Waals surface area (Å²) in [6.07, 6.45) is 1.15. The first kappa shape index (κ1) is 14.8. The third-order valence-corrected chi connectivity index (χ3v) is 4.07. The van der Waals surface area contributed by atoms with Gasteiger partial charge in [0.2, 0.25) is 5.13 Å². The standard InChI is InChI=1S/C15H21N3OS/c1-4-11(3)12-6-8-13(9-7-12)19-10-14-17-18-15(20-14)16-5-2/h6-9,11H,4-5,10H2,1-3H3,(H,16,18). The van der Waals surface area contributed by atoms with Crippen LogP contribution in [0.4, 0.5) is 5.13 Å². The minimum atomic E-state index is 0.464. The second-order valence-electron chi connectivity index (χ2n) is 4.70. The molecule has 0 spiro atoms. The fourth-order valence-corrected chi connectivity index (χ4v) is 2.53. The highest BCUT2D eigenvalue weighted by molar-refractivity contribution is 7.15. The van der Waals surface area contributed by atoms with Gasteiger partial charge in [0, 0.05) is 6.54 Å². The summed E-state index contributed by atoms with van der Waals surface area (Å²) in [6.45, 7) is 7.79. The molecule has 4 nitrogen and oxygen atoms in total. The molecule has 0 amide bonds. The van der Waals surface area contributed by atoms with Crippen molar-refractivity contribution in [3.8, 4) is 5.75 Å². The van der Waals surface area contributed by atoms with Crippen LogP contribution in [0.2, 0.25) is 0 Å². The molecule has 5 heteroatoms. The second-order valence-corrected chi connectivity index (χ2v) is 5.76. The lowest BCUT2D eigenvalue weighted by atomic mass is 9.99. The highest BCUT2D eigenvalue weighted by Gasteiger charge is 2.05. The van der Waals surface area contributed by atoms with Crippen molar-refractivity contribution in [2.75, 3.05) is 11.9 Å². The number of hydrogen-bond donors (Lipinski definition) is 1. The molecule has 1 aromatic heterocycles. The van der Waals surface area contributed by atoms with E-state index in [9.17, 15) is 0 Å². The van der Waals surface area contributed by atoms with Gasteiger partial charge in [0.15, 0.2) is 5.01 Å². The summed E-state index contributed by atoms with van der Waals surface area (Å²) in [7, 11) is 0. The van der Waals surface area contributed by atoms with Crippen molar-refractivity contribution in [3.05, 3.63) is 34.8 Å². The normalized spacial score (nSPS) is 12.2. The molecule has 2 rings (SSSR count). The zero-order valence-electron chi connectivity index (χ0n) is 12.2. The number of anilines is 1. The van der Waals surface area contributed by atoms with E-state index in [4.69, 9.17) is 4.74 Å². The number of rotatable bonds is 7. The predicted octanol–water partition coefficient (Wildman–Crippen LogP) is 4.06. The fourth-order valence-electron chi connectivity index (χ4n) is 1.81. The van der Waals surface area contributed by atoms with Crippen molar-refractivity contribution in [2.24, 2.45) is 0 Å². The van der Waals surface area contributed by atoms with Gasteiger partial charge in [-0.3, -0.25) is 0 Å². The predicted molar refractivity (Wildman–Crippen MR) is 83.6 cm³/mol. The van der Waals surface area contributed by atoms with Crippen LogP contribution in [0.3, 0.4) is 0 Å². The fraction of sp³-hybridized carbons (Fsp3) is 0.467. The molecule has 0 saturated carbocycles. The van der Waals surface area contributed by atoms with Crippen molar-refractivity contribution >= 4 is 16.5 Å². The van der Waals surface area contributed by atoms with Crippen LogP contribution in [-0.4, -0.2) is 16.7 Å². The van der Waals surface area contributed by atoms with Gasteiger partial charge >= 0.3 is 0 Å².